The summed E-state index contributed by atoms with van der Waals surface area (Å²) in [6.45, 7) is 5.56. The number of aryl methyl sites for hydroxylation is 2. The summed E-state index contributed by atoms with van der Waals surface area (Å²) in [5, 5.41) is 9.67. The van der Waals surface area contributed by atoms with E-state index in [4.69, 9.17) is 4.74 Å². The molecule has 0 saturated carbocycles. The fourth-order valence-electron chi connectivity index (χ4n) is 2.06. The lowest BCUT2D eigenvalue weighted by Crippen LogP contribution is -1.97. The maximum atomic E-state index is 13.2. The second kappa shape index (κ2) is 5.41. The van der Waals surface area contributed by atoms with Gasteiger partial charge in [0.1, 0.15) is 17.3 Å². The summed E-state index contributed by atoms with van der Waals surface area (Å²) in [5.41, 5.74) is 2.63. The van der Waals surface area contributed by atoms with Crippen LogP contribution in [0, 0.1) is 19.7 Å². The molecule has 0 amide bonds. The van der Waals surface area contributed by atoms with Gasteiger partial charge in [-0.2, -0.15) is 0 Å². The number of aliphatic hydroxyl groups excluding tert-OH is 1. The molecule has 0 spiro atoms. The number of halogens is 1. The Morgan fingerprint density at radius 1 is 1.05 bits per heavy atom. The van der Waals surface area contributed by atoms with Crippen LogP contribution < -0.4 is 4.74 Å². The third kappa shape index (κ3) is 3.32. The molecule has 0 aromatic heterocycles. The number of hydrogen-bond acceptors (Lipinski definition) is 2. The molecule has 0 heterocycles. The smallest absolute Gasteiger partial charge is 0.133 e. The molecule has 2 nitrogen and oxygen atoms in total. The van der Waals surface area contributed by atoms with Crippen LogP contribution in [-0.4, -0.2) is 5.11 Å². The Labute approximate surface area is 112 Å². The first kappa shape index (κ1) is 13.6. The topological polar surface area (TPSA) is 29.5 Å². The highest BCUT2D eigenvalue weighted by Crippen LogP contribution is 2.31. The van der Waals surface area contributed by atoms with Gasteiger partial charge in [0.2, 0.25) is 0 Å². The van der Waals surface area contributed by atoms with E-state index < -0.39 is 6.10 Å². The van der Waals surface area contributed by atoms with Crippen LogP contribution in [0.4, 0.5) is 4.39 Å². The van der Waals surface area contributed by atoms with Gasteiger partial charge in [-0.25, -0.2) is 4.39 Å². The number of hydrogen-bond donors (Lipinski definition) is 1. The highest BCUT2D eigenvalue weighted by Gasteiger charge is 2.11. The SMILES string of the molecule is Cc1cc(C)cc(Oc2ccc(F)cc2C(C)O)c1. The second-order valence-electron chi connectivity index (χ2n) is 4.78. The summed E-state index contributed by atoms with van der Waals surface area (Å²) in [6, 6.07) is 10.0. The highest BCUT2D eigenvalue weighted by atomic mass is 19.1. The summed E-state index contributed by atoms with van der Waals surface area (Å²) in [6.07, 6.45) is -0.781. The predicted molar refractivity (Wildman–Crippen MR) is 73.0 cm³/mol. The fourth-order valence-corrected chi connectivity index (χ4v) is 2.06. The second-order valence-corrected chi connectivity index (χ2v) is 4.78. The van der Waals surface area contributed by atoms with Crippen LogP contribution in [0.2, 0.25) is 0 Å². The van der Waals surface area contributed by atoms with Gasteiger partial charge < -0.3 is 9.84 Å². The van der Waals surface area contributed by atoms with Gasteiger partial charge in [0.15, 0.2) is 0 Å². The van der Waals surface area contributed by atoms with E-state index in [9.17, 15) is 9.50 Å². The van der Waals surface area contributed by atoms with Gasteiger partial charge in [0.25, 0.3) is 0 Å². The molecule has 0 saturated heterocycles. The lowest BCUT2D eigenvalue weighted by molar-refractivity contribution is 0.195. The maximum Gasteiger partial charge on any atom is 0.133 e. The van der Waals surface area contributed by atoms with Crippen LogP contribution in [0.25, 0.3) is 0 Å². The van der Waals surface area contributed by atoms with E-state index >= 15 is 0 Å². The Morgan fingerprint density at radius 3 is 2.26 bits per heavy atom. The summed E-state index contributed by atoms with van der Waals surface area (Å²) >= 11 is 0. The van der Waals surface area contributed by atoms with E-state index in [1.165, 1.54) is 18.2 Å². The average molecular weight is 260 g/mol. The number of aliphatic hydroxyl groups is 1. The molecule has 0 aliphatic heterocycles. The molecule has 0 bridgehead atoms. The minimum absolute atomic E-state index is 0.385. The fraction of sp³-hybridized carbons (Fsp3) is 0.250. The summed E-state index contributed by atoms with van der Waals surface area (Å²) < 4.78 is 19.0. The largest absolute Gasteiger partial charge is 0.457 e. The van der Waals surface area contributed by atoms with Crippen molar-refractivity contribution in [2.75, 3.05) is 0 Å². The number of rotatable bonds is 3. The van der Waals surface area contributed by atoms with Crippen molar-refractivity contribution < 1.29 is 14.2 Å². The number of ether oxygens (including phenoxy) is 1. The van der Waals surface area contributed by atoms with Gasteiger partial charge in [0.05, 0.1) is 6.10 Å². The zero-order valence-electron chi connectivity index (χ0n) is 11.3. The van der Waals surface area contributed by atoms with Crippen LogP contribution in [0.15, 0.2) is 36.4 Å². The van der Waals surface area contributed by atoms with Crippen molar-refractivity contribution in [3.8, 4) is 11.5 Å². The summed E-state index contributed by atoms with van der Waals surface area (Å²) in [4.78, 5) is 0. The zero-order chi connectivity index (χ0) is 14.0. The Morgan fingerprint density at radius 2 is 1.68 bits per heavy atom. The zero-order valence-corrected chi connectivity index (χ0v) is 11.3. The first-order valence-electron chi connectivity index (χ1n) is 6.19. The van der Waals surface area contributed by atoms with Crippen molar-refractivity contribution >= 4 is 0 Å². The molecular weight excluding hydrogens is 243 g/mol. The van der Waals surface area contributed by atoms with Crippen molar-refractivity contribution in [2.45, 2.75) is 26.9 Å². The molecule has 2 aromatic carbocycles. The van der Waals surface area contributed by atoms with Crippen molar-refractivity contribution in [1.29, 1.82) is 0 Å². The third-order valence-electron chi connectivity index (χ3n) is 2.84. The predicted octanol–water partition coefficient (Wildman–Crippen LogP) is 4.29. The first-order chi connectivity index (χ1) is 8.95. The van der Waals surface area contributed by atoms with E-state index in [2.05, 4.69) is 0 Å². The van der Waals surface area contributed by atoms with Crippen molar-refractivity contribution in [1.82, 2.24) is 0 Å². The molecule has 0 aliphatic rings. The number of benzene rings is 2. The van der Waals surface area contributed by atoms with Crippen LogP contribution in [0.5, 0.6) is 11.5 Å². The molecule has 100 valence electrons. The Hall–Kier alpha value is -1.87. The molecule has 1 N–H and O–H groups in total. The van der Waals surface area contributed by atoms with Crippen LogP contribution in [0.3, 0.4) is 0 Å². The lowest BCUT2D eigenvalue weighted by Gasteiger charge is -2.14. The minimum atomic E-state index is -0.781. The Balaban J connectivity index is 2.37. The average Bonchev–Trinajstić information content (AvgIpc) is 2.30. The molecule has 3 heteroatoms. The molecular formula is C16H17FO2. The molecule has 19 heavy (non-hydrogen) atoms. The van der Waals surface area contributed by atoms with Crippen LogP contribution >= 0.6 is 0 Å². The minimum Gasteiger partial charge on any atom is -0.457 e. The van der Waals surface area contributed by atoms with Crippen molar-refractivity contribution in [3.05, 3.63) is 58.9 Å². The molecule has 1 unspecified atom stereocenters. The summed E-state index contributed by atoms with van der Waals surface area (Å²) in [7, 11) is 0. The van der Waals surface area contributed by atoms with Crippen LogP contribution in [0.1, 0.15) is 29.7 Å². The normalized spacial score (nSPS) is 12.3. The molecule has 2 rings (SSSR count). The highest BCUT2D eigenvalue weighted by molar-refractivity contribution is 5.41. The summed E-state index contributed by atoms with van der Waals surface area (Å²) in [5.74, 6) is 0.774. The van der Waals surface area contributed by atoms with E-state index in [0.29, 0.717) is 17.1 Å². The van der Waals surface area contributed by atoms with Crippen molar-refractivity contribution in [2.24, 2.45) is 0 Å². The van der Waals surface area contributed by atoms with Gasteiger partial charge in [-0.15, -0.1) is 0 Å². The van der Waals surface area contributed by atoms with E-state index in [0.717, 1.165) is 11.1 Å². The first-order valence-corrected chi connectivity index (χ1v) is 6.19. The van der Waals surface area contributed by atoms with Crippen LogP contribution in [-0.2, 0) is 0 Å². The van der Waals surface area contributed by atoms with E-state index in [-0.39, 0.29) is 5.82 Å². The molecule has 1 atom stereocenters. The van der Waals surface area contributed by atoms with Gasteiger partial charge in [-0.3, -0.25) is 0 Å². The monoisotopic (exact) mass is 260 g/mol. The molecule has 0 radical (unpaired) electrons. The quantitative estimate of drug-likeness (QED) is 0.892. The Bertz CT molecular complexity index is 571. The Kier molecular flexibility index (Phi) is 3.86. The molecule has 0 aliphatic carbocycles. The standard InChI is InChI=1S/C16H17FO2/c1-10-6-11(2)8-14(7-10)19-16-5-4-13(17)9-15(16)12(3)18/h4-9,12,18H,1-3H3. The lowest BCUT2D eigenvalue weighted by atomic mass is 10.1. The molecule has 2 aromatic rings. The van der Waals surface area contributed by atoms with Gasteiger partial charge in [-0.05, 0) is 62.2 Å². The van der Waals surface area contributed by atoms with Crippen molar-refractivity contribution in [3.63, 3.8) is 0 Å². The van der Waals surface area contributed by atoms with E-state index in [1.54, 1.807) is 6.92 Å². The third-order valence-corrected chi connectivity index (χ3v) is 2.84. The molecule has 0 fully saturated rings. The van der Waals surface area contributed by atoms with Gasteiger partial charge in [-0.1, -0.05) is 6.07 Å². The maximum absolute atomic E-state index is 13.2. The van der Waals surface area contributed by atoms with E-state index in [1.807, 2.05) is 32.0 Å². The van der Waals surface area contributed by atoms with Gasteiger partial charge in [0, 0.05) is 5.56 Å². The van der Waals surface area contributed by atoms with Gasteiger partial charge >= 0.3 is 0 Å².